The van der Waals surface area contributed by atoms with Crippen LogP contribution in [0.25, 0.3) is 0 Å². The standard InChI is InChI=1S/C18H20FN3O3S2/c19-14-6-2-3-7-15(14)20-18(26)21-16-12-13(8-9-17(16)23)27(24,25)22-10-4-1-5-11-22/h2-3,6-9,12,23H,1,4-5,10-11H2,(H2,20,21,26). The molecule has 0 radical (unpaired) electrons. The number of sulfonamides is 1. The van der Waals surface area contributed by atoms with Gasteiger partial charge in [0, 0.05) is 13.1 Å². The SMILES string of the molecule is O=S(=O)(c1ccc(O)c(NC(=S)Nc2ccccc2F)c1)N1CCCCC1. The molecule has 27 heavy (non-hydrogen) atoms. The van der Waals surface area contributed by atoms with Crippen molar-refractivity contribution in [3.63, 3.8) is 0 Å². The number of para-hydroxylation sites is 1. The van der Waals surface area contributed by atoms with E-state index in [1.807, 2.05) is 0 Å². The molecule has 0 atom stereocenters. The molecule has 0 aliphatic carbocycles. The van der Waals surface area contributed by atoms with Gasteiger partial charge in [0.2, 0.25) is 10.0 Å². The minimum atomic E-state index is -3.64. The second kappa shape index (κ2) is 8.20. The smallest absolute Gasteiger partial charge is 0.243 e. The Morgan fingerprint density at radius 1 is 1.04 bits per heavy atom. The number of aromatic hydroxyl groups is 1. The third-order valence-electron chi connectivity index (χ3n) is 4.29. The minimum Gasteiger partial charge on any atom is -0.506 e. The number of piperidine rings is 1. The fraction of sp³-hybridized carbons (Fsp3) is 0.278. The van der Waals surface area contributed by atoms with Gasteiger partial charge in [-0.3, -0.25) is 0 Å². The summed E-state index contributed by atoms with van der Waals surface area (Å²) in [6, 6.07) is 9.99. The van der Waals surface area contributed by atoms with Crippen LogP contribution in [0, 0.1) is 5.82 Å². The van der Waals surface area contributed by atoms with Crippen LogP contribution in [-0.4, -0.2) is 36.0 Å². The van der Waals surface area contributed by atoms with E-state index in [1.165, 1.54) is 34.6 Å². The van der Waals surface area contributed by atoms with Gasteiger partial charge in [0.05, 0.1) is 16.3 Å². The Morgan fingerprint density at radius 2 is 1.70 bits per heavy atom. The first-order chi connectivity index (χ1) is 12.9. The topological polar surface area (TPSA) is 81.7 Å². The first-order valence-electron chi connectivity index (χ1n) is 8.53. The summed E-state index contributed by atoms with van der Waals surface area (Å²) in [6.07, 6.45) is 2.68. The van der Waals surface area contributed by atoms with E-state index < -0.39 is 15.8 Å². The summed E-state index contributed by atoms with van der Waals surface area (Å²) in [7, 11) is -3.64. The molecule has 0 spiro atoms. The second-order valence-corrected chi connectivity index (χ2v) is 8.55. The van der Waals surface area contributed by atoms with Crippen molar-refractivity contribution < 1.29 is 17.9 Å². The van der Waals surface area contributed by atoms with E-state index >= 15 is 0 Å². The zero-order valence-electron chi connectivity index (χ0n) is 14.5. The Labute approximate surface area is 163 Å². The van der Waals surface area contributed by atoms with E-state index in [0.29, 0.717) is 13.1 Å². The molecular formula is C18H20FN3O3S2. The summed E-state index contributed by atoms with van der Waals surface area (Å²) >= 11 is 5.14. The maximum Gasteiger partial charge on any atom is 0.243 e. The molecule has 2 aromatic rings. The molecule has 1 aliphatic heterocycles. The van der Waals surface area contributed by atoms with Crippen LogP contribution in [-0.2, 0) is 10.0 Å². The largest absolute Gasteiger partial charge is 0.506 e. The number of hydrogen-bond donors (Lipinski definition) is 3. The van der Waals surface area contributed by atoms with E-state index in [2.05, 4.69) is 10.6 Å². The summed E-state index contributed by atoms with van der Waals surface area (Å²) in [5, 5.41) is 15.5. The minimum absolute atomic E-state index is 0.0305. The van der Waals surface area contributed by atoms with E-state index in [-0.39, 0.29) is 27.1 Å². The molecule has 9 heteroatoms. The van der Waals surface area contributed by atoms with E-state index in [1.54, 1.807) is 12.1 Å². The van der Waals surface area contributed by atoms with Crippen LogP contribution in [0.15, 0.2) is 47.4 Å². The molecule has 3 N–H and O–H groups in total. The normalized spacial score (nSPS) is 15.3. The van der Waals surface area contributed by atoms with Crippen LogP contribution < -0.4 is 10.6 Å². The zero-order chi connectivity index (χ0) is 19.4. The van der Waals surface area contributed by atoms with Crippen molar-refractivity contribution in [1.82, 2.24) is 4.31 Å². The Morgan fingerprint density at radius 3 is 2.41 bits per heavy atom. The van der Waals surface area contributed by atoms with Gasteiger partial charge < -0.3 is 15.7 Å². The second-order valence-electron chi connectivity index (χ2n) is 6.20. The molecule has 0 aromatic heterocycles. The summed E-state index contributed by atoms with van der Waals surface area (Å²) in [4.78, 5) is 0.0680. The van der Waals surface area contributed by atoms with Gasteiger partial charge in [0.1, 0.15) is 11.6 Å². The van der Waals surface area contributed by atoms with Gasteiger partial charge in [-0.1, -0.05) is 18.6 Å². The quantitative estimate of drug-likeness (QED) is 0.530. The lowest BCUT2D eigenvalue weighted by atomic mass is 10.2. The lowest BCUT2D eigenvalue weighted by molar-refractivity contribution is 0.346. The highest BCUT2D eigenvalue weighted by molar-refractivity contribution is 7.89. The van der Waals surface area contributed by atoms with Crippen molar-refractivity contribution in [2.75, 3.05) is 23.7 Å². The number of anilines is 2. The number of nitrogens with zero attached hydrogens (tertiary/aromatic N) is 1. The predicted octanol–water partition coefficient (Wildman–Crippen LogP) is 3.51. The van der Waals surface area contributed by atoms with Crippen LogP contribution >= 0.6 is 12.2 Å². The molecule has 2 aromatic carbocycles. The lowest BCUT2D eigenvalue weighted by Crippen LogP contribution is -2.35. The molecule has 144 valence electrons. The van der Waals surface area contributed by atoms with Gasteiger partial charge in [-0.2, -0.15) is 4.31 Å². The first kappa shape index (κ1) is 19.5. The number of rotatable bonds is 4. The highest BCUT2D eigenvalue weighted by atomic mass is 32.2. The summed E-state index contributed by atoms with van der Waals surface area (Å²) < 4.78 is 40.7. The Kier molecular flexibility index (Phi) is 5.93. The molecular weight excluding hydrogens is 389 g/mol. The molecule has 0 saturated carbocycles. The van der Waals surface area contributed by atoms with Crippen molar-refractivity contribution in [1.29, 1.82) is 0 Å². The number of thiocarbonyl (C=S) groups is 1. The Hall–Kier alpha value is -2.23. The number of benzene rings is 2. The number of hydrogen-bond acceptors (Lipinski definition) is 4. The predicted molar refractivity (Wildman–Crippen MR) is 107 cm³/mol. The van der Waals surface area contributed by atoms with Gasteiger partial charge in [0.15, 0.2) is 5.11 Å². The molecule has 1 aliphatic rings. The monoisotopic (exact) mass is 409 g/mol. The maximum atomic E-state index is 13.7. The summed E-state index contributed by atoms with van der Waals surface area (Å²) in [5.74, 6) is -0.641. The van der Waals surface area contributed by atoms with Crippen molar-refractivity contribution in [2.45, 2.75) is 24.2 Å². The number of nitrogens with one attached hydrogen (secondary N) is 2. The van der Waals surface area contributed by atoms with E-state index in [0.717, 1.165) is 19.3 Å². The average molecular weight is 410 g/mol. The van der Waals surface area contributed by atoms with Gasteiger partial charge in [-0.25, -0.2) is 12.8 Å². The fourth-order valence-corrected chi connectivity index (χ4v) is 4.63. The van der Waals surface area contributed by atoms with Crippen molar-refractivity contribution >= 4 is 38.7 Å². The highest BCUT2D eigenvalue weighted by Crippen LogP contribution is 2.29. The van der Waals surface area contributed by atoms with Crippen LogP contribution in [0.3, 0.4) is 0 Å². The molecule has 3 rings (SSSR count). The molecule has 0 unspecified atom stereocenters. The van der Waals surface area contributed by atoms with Crippen molar-refractivity contribution in [3.05, 3.63) is 48.3 Å². The van der Waals surface area contributed by atoms with Gasteiger partial charge in [0.25, 0.3) is 0 Å². The van der Waals surface area contributed by atoms with Crippen LogP contribution in [0.2, 0.25) is 0 Å². The molecule has 6 nitrogen and oxygen atoms in total. The average Bonchev–Trinajstić information content (AvgIpc) is 2.66. The van der Waals surface area contributed by atoms with Crippen molar-refractivity contribution in [2.24, 2.45) is 0 Å². The zero-order valence-corrected chi connectivity index (χ0v) is 16.1. The Bertz CT molecular complexity index is 945. The van der Waals surface area contributed by atoms with E-state index in [4.69, 9.17) is 12.2 Å². The molecule has 1 fully saturated rings. The number of phenolic OH excluding ortho intramolecular Hbond substituents is 1. The highest BCUT2D eigenvalue weighted by Gasteiger charge is 2.26. The molecule has 0 bridgehead atoms. The van der Waals surface area contributed by atoms with Crippen LogP contribution in [0.5, 0.6) is 5.75 Å². The fourth-order valence-electron chi connectivity index (χ4n) is 2.87. The molecule has 1 heterocycles. The Balaban J connectivity index is 1.79. The molecule has 1 saturated heterocycles. The van der Waals surface area contributed by atoms with Gasteiger partial charge in [-0.05, 0) is 55.4 Å². The summed E-state index contributed by atoms with van der Waals surface area (Å²) in [6.45, 7) is 0.971. The van der Waals surface area contributed by atoms with Gasteiger partial charge >= 0.3 is 0 Å². The number of halogens is 1. The maximum absolute atomic E-state index is 13.7. The van der Waals surface area contributed by atoms with Crippen LogP contribution in [0.1, 0.15) is 19.3 Å². The number of phenols is 1. The first-order valence-corrected chi connectivity index (χ1v) is 10.4. The van der Waals surface area contributed by atoms with Crippen LogP contribution in [0.4, 0.5) is 15.8 Å². The third-order valence-corrected chi connectivity index (χ3v) is 6.39. The lowest BCUT2D eigenvalue weighted by Gasteiger charge is -2.26. The summed E-state index contributed by atoms with van der Waals surface area (Å²) in [5.41, 5.74) is 0.300. The van der Waals surface area contributed by atoms with Crippen molar-refractivity contribution in [3.8, 4) is 5.75 Å². The third kappa shape index (κ3) is 4.55. The molecule has 0 amide bonds. The van der Waals surface area contributed by atoms with Gasteiger partial charge in [-0.15, -0.1) is 0 Å². The van der Waals surface area contributed by atoms with E-state index in [9.17, 15) is 17.9 Å².